The number of rotatable bonds is 2. The summed E-state index contributed by atoms with van der Waals surface area (Å²) in [5, 5.41) is 2.05. The van der Waals surface area contributed by atoms with E-state index in [1.165, 1.54) is 6.42 Å². The van der Waals surface area contributed by atoms with E-state index in [-0.39, 0.29) is 0 Å². The lowest BCUT2D eigenvalue weighted by atomic mass is 10.4. The summed E-state index contributed by atoms with van der Waals surface area (Å²) in [5.41, 5.74) is 3.16. The zero-order valence-electron chi connectivity index (χ0n) is 4.93. The highest BCUT2D eigenvalue weighted by atomic mass is 15.5. The highest BCUT2D eigenvalue weighted by Gasteiger charge is 2.07. The molecule has 0 spiro atoms. The Bertz CT molecular complexity index is 74.6. The minimum Gasteiger partial charge on any atom is -0.255 e. The molecule has 0 aromatic rings. The predicted octanol–water partition coefficient (Wildman–Crippen LogP) is 0.544. The van der Waals surface area contributed by atoms with Crippen LogP contribution < -0.4 is 5.43 Å². The van der Waals surface area contributed by atoms with Crippen molar-refractivity contribution < 1.29 is 0 Å². The zero-order valence-corrected chi connectivity index (χ0v) is 4.93. The Kier molecular flexibility index (Phi) is 2.06. The molecule has 0 atom stereocenters. The molecule has 0 aromatic carbocycles. The maximum absolute atomic E-state index is 3.59. The van der Waals surface area contributed by atoms with Crippen LogP contribution in [0.15, 0.2) is 12.7 Å². The summed E-state index contributed by atoms with van der Waals surface area (Å²) in [5.74, 6) is 0. The van der Waals surface area contributed by atoms with Gasteiger partial charge in [0, 0.05) is 13.1 Å². The summed E-state index contributed by atoms with van der Waals surface area (Å²) in [7, 11) is 0. The van der Waals surface area contributed by atoms with Gasteiger partial charge in [0.2, 0.25) is 0 Å². The molecule has 0 aromatic heterocycles. The van der Waals surface area contributed by atoms with Crippen LogP contribution in [0, 0.1) is 6.54 Å². The first kappa shape index (κ1) is 5.79. The van der Waals surface area contributed by atoms with E-state index in [1.54, 1.807) is 6.08 Å². The molecule has 8 heavy (non-hydrogen) atoms. The van der Waals surface area contributed by atoms with Gasteiger partial charge in [-0.1, -0.05) is 6.08 Å². The van der Waals surface area contributed by atoms with Crippen molar-refractivity contribution in [1.29, 1.82) is 0 Å². The van der Waals surface area contributed by atoms with Crippen LogP contribution in [0.1, 0.15) is 6.42 Å². The van der Waals surface area contributed by atoms with Crippen LogP contribution in [-0.4, -0.2) is 18.1 Å². The van der Waals surface area contributed by atoms with E-state index in [4.69, 9.17) is 0 Å². The van der Waals surface area contributed by atoms with Gasteiger partial charge in [-0.3, -0.25) is 5.43 Å². The standard InChI is InChI=1S/C6H11N2/c1-2-5-8-6-3-4-7-8/h2,5,7H,1,3-4,6H2. The molecule has 1 aliphatic rings. The maximum Gasteiger partial charge on any atom is 0.0625 e. The van der Waals surface area contributed by atoms with Crippen LogP contribution in [0.2, 0.25) is 0 Å². The molecule has 1 rings (SSSR count). The van der Waals surface area contributed by atoms with Crippen LogP contribution in [-0.2, 0) is 0 Å². The first-order valence-corrected chi connectivity index (χ1v) is 2.89. The molecule has 0 bridgehead atoms. The average Bonchev–Trinajstić information content (AvgIpc) is 2.19. The molecule has 2 heteroatoms. The molecule has 1 radical (unpaired) electrons. The minimum atomic E-state index is 1.10. The molecule has 1 heterocycles. The largest absolute Gasteiger partial charge is 0.255 e. The summed E-state index contributed by atoms with van der Waals surface area (Å²) in [6.45, 7) is 7.76. The minimum absolute atomic E-state index is 1.10. The molecule has 1 saturated heterocycles. The summed E-state index contributed by atoms with van der Waals surface area (Å²) < 4.78 is 0. The third kappa shape index (κ3) is 1.32. The first-order chi connectivity index (χ1) is 3.93. The highest BCUT2D eigenvalue weighted by Crippen LogP contribution is 1.97. The van der Waals surface area contributed by atoms with Crippen molar-refractivity contribution in [2.75, 3.05) is 13.1 Å². The smallest absolute Gasteiger partial charge is 0.0625 e. The van der Waals surface area contributed by atoms with Crippen LogP contribution >= 0.6 is 0 Å². The topological polar surface area (TPSA) is 15.3 Å². The van der Waals surface area contributed by atoms with Crippen molar-refractivity contribution in [2.24, 2.45) is 0 Å². The molecular weight excluding hydrogens is 100 g/mol. The van der Waals surface area contributed by atoms with Crippen molar-refractivity contribution in [3.05, 3.63) is 19.2 Å². The Morgan fingerprint density at radius 2 is 2.50 bits per heavy atom. The van der Waals surface area contributed by atoms with E-state index in [1.807, 2.05) is 11.6 Å². The van der Waals surface area contributed by atoms with E-state index in [0.717, 1.165) is 13.1 Å². The Morgan fingerprint density at radius 3 is 3.00 bits per heavy atom. The van der Waals surface area contributed by atoms with Gasteiger partial charge in [0.1, 0.15) is 0 Å². The van der Waals surface area contributed by atoms with Gasteiger partial charge >= 0.3 is 0 Å². The fraction of sp³-hybridized carbons (Fsp3) is 0.500. The third-order valence-corrected chi connectivity index (χ3v) is 1.18. The van der Waals surface area contributed by atoms with E-state index >= 15 is 0 Å². The Morgan fingerprint density at radius 1 is 1.62 bits per heavy atom. The molecule has 2 nitrogen and oxygen atoms in total. The normalized spacial score (nSPS) is 21.5. The van der Waals surface area contributed by atoms with Crippen molar-refractivity contribution in [2.45, 2.75) is 6.42 Å². The lowest BCUT2D eigenvalue weighted by Crippen LogP contribution is -2.26. The molecule has 0 unspecified atom stereocenters. The predicted molar refractivity (Wildman–Crippen MR) is 33.8 cm³/mol. The molecule has 0 aliphatic carbocycles. The molecule has 1 N–H and O–H groups in total. The average molecular weight is 111 g/mol. The zero-order chi connectivity index (χ0) is 5.82. The second-order valence-electron chi connectivity index (χ2n) is 1.84. The third-order valence-electron chi connectivity index (χ3n) is 1.18. The lowest BCUT2D eigenvalue weighted by Gasteiger charge is -2.09. The summed E-state index contributed by atoms with van der Waals surface area (Å²) in [4.78, 5) is 0. The van der Waals surface area contributed by atoms with Crippen LogP contribution in [0.5, 0.6) is 0 Å². The second kappa shape index (κ2) is 2.84. The number of hydrazine groups is 1. The molecule has 1 aliphatic heterocycles. The second-order valence-corrected chi connectivity index (χ2v) is 1.84. The van der Waals surface area contributed by atoms with E-state index in [9.17, 15) is 0 Å². The van der Waals surface area contributed by atoms with E-state index in [0.29, 0.717) is 0 Å². The molecular formula is C6H11N2. The number of hydrogen-bond donors (Lipinski definition) is 1. The van der Waals surface area contributed by atoms with Crippen LogP contribution in [0.4, 0.5) is 0 Å². The summed E-state index contributed by atoms with van der Waals surface area (Å²) >= 11 is 0. The van der Waals surface area contributed by atoms with Gasteiger partial charge < -0.3 is 0 Å². The van der Waals surface area contributed by atoms with Crippen molar-refractivity contribution >= 4 is 0 Å². The van der Waals surface area contributed by atoms with Gasteiger partial charge in [-0.15, -0.1) is 6.58 Å². The summed E-state index contributed by atoms with van der Waals surface area (Å²) in [6, 6.07) is 0. The fourth-order valence-electron chi connectivity index (χ4n) is 0.806. The van der Waals surface area contributed by atoms with Gasteiger partial charge in [0.25, 0.3) is 0 Å². The van der Waals surface area contributed by atoms with Crippen molar-refractivity contribution in [3.8, 4) is 0 Å². The molecule has 0 amide bonds. The van der Waals surface area contributed by atoms with Gasteiger partial charge in [-0.25, -0.2) is 5.01 Å². The first-order valence-electron chi connectivity index (χ1n) is 2.89. The fourth-order valence-corrected chi connectivity index (χ4v) is 0.806. The SMILES string of the molecule is C=C[CH]N1CCCN1. The Balaban J connectivity index is 2.14. The number of nitrogens with one attached hydrogen (secondary N) is 1. The van der Waals surface area contributed by atoms with E-state index < -0.39 is 0 Å². The lowest BCUT2D eigenvalue weighted by molar-refractivity contribution is 0.329. The Labute approximate surface area is 50.1 Å². The van der Waals surface area contributed by atoms with Gasteiger partial charge in [-0.05, 0) is 6.42 Å². The monoisotopic (exact) mass is 111 g/mol. The molecule has 0 saturated carbocycles. The molecule has 45 valence electrons. The number of nitrogens with zero attached hydrogens (tertiary/aromatic N) is 1. The highest BCUT2D eigenvalue weighted by molar-refractivity contribution is 4.86. The van der Waals surface area contributed by atoms with Crippen molar-refractivity contribution in [3.63, 3.8) is 0 Å². The maximum atomic E-state index is 3.59. The van der Waals surface area contributed by atoms with Crippen LogP contribution in [0.25, 0.3) is 0 Å². The van der Waals surface area contributed by atoms with E-state index in [2.05, 4.69) is 12.0 Å². The van der Waals surface area contributed by atoms with Gasteiger partial charge in [-0.2, -0.15) is 0 Å². The van der Waals surface area contributed by atoms with Crippen molar-refractivity contribution in [1.82, 2.24) is 10.4 Å². The van der Waals surface area contributed by atoms with Gasteiger partial charge in [0.15, 0.2) is 0 Å². The van der Waals surface area contributed by atoms with Gasteiger partial charge in [0.05, 0.1) is 6.54 Å². The Hall–Kier alpha value is -0.340. The van der Waals surface area contributed by atoms with Crippen LogP contribution in [0.3, 0.4) is 0 Å². The number of hydrogen-bond acceptors (Lipinski definition) is 2. The quantitative estimate of drug-likeness (QED) is 0.559. The summed E-state index contributed by atoms with van der Waals surface area (Å²) in [6.07, 6.45) is 3.03. The molecule has 1 fully saturated rings.